The summed E-state index contributed by atoms with van der Waals surface area (Å²) < 4.78 is 15.4. The van der Waals surface area contributed by atoms with Crippen LogP contribution >= 0.6 is 11.3 Å². The quantitative estimate of drug-likeness (QED) is 0.825. The van der Waals surface area contributed by atoms with Crippen LogP contribution in [-0.4, -0.2) is 35.9 Å². The number of ether oxygens (including phenoxy) is 3. The number of amides is 1. The predicted molar refractivity (Wildman–Crippen MR) is 97.3 cm³/mol. The monoisotopic (exact) mass is 364 g/mol. The number of epoxide rings is 1. The highest BCUT2D eigenvalue weighted by atomic mass is 32.1. The van der Waals surface area contributed by atoms with Gasteiger partial charge in [-0.3, -0.25) is 0 Å². The van der Waals surface area contributed by atoms with Crippen molar-refractivity contribution in [2.75, 3.05) is 13.2 Å². The predicted octanol–water partition coefficient (Wildman–Crippen LogP) is 4.15. The third kappa shape index (κ3) is 8.51. The lowest BCUT2D eigenvalue weighted by atomic mass is 10.2. The largest absolute Gasteiger partial charge is 0.444 e. The fourth-order valence-electron chi connectivity index (χ4n) is 1.68. The van der Waals surface area contributed by atoms with Crippen molar-refractivity contribution in [2.45, 2.75) is 39.4 Å². The SMILES string of the molecule is CC(C)(C)OC(=O)NCC1CO1.Cc1ccc(Oc2cscn2)cc1. The molecule has 1 saturated heterocycles. The number of nitrogens with zero attached hydrogens (tertiary/aromatic N) is 1. The van der Waals surface area contributed by atoms with E-state index in [-0.39, 0.29) is 12.2 Å². The van der Waals surface area contributed by atoms with Crippen LogP contribution < -0.4 is 10.1 Å². The average molecular weight is 364 g/mol. The molecule has 0 saturated carbocycles. The van der Waals surface area contributed by atoms with Gasteiger partial charge < -0.3 is 19.5 Å². The van der Waals surface area contributed by atoms with Crippen molar-refractivity contribution in [2.24, 2.45) is 0 Å². The van der Waals surface area contributed by atoms with Crippen LogP contribution in [0.2, 0.25) is 0 Å². The van der Waals surface area contributed by atoms with Crippen molar-refractivity contribution in [1.82, 2.24) is 10.3 Å². The number of aromatic nitrogens is 1. The van der Waals surface area contributed by atoms with E-state index in [1.54, 1.807) is 5.51 Å². The zero-order chi connectivity index (χ0) is 18.3. The first kappa shape index (κ1) is 19.2. The Morgan fingerprint density at radius 3 is 2.56 bits per heavy atom. The molecule has 0 spiro atoms. The van der Waals surface area contributed by atoms with Gasteiger partial charge in [0.15, 0.2) is 0 Å². The number of benzene rings is 1. The molecule has 2 heterocycles. The Morgan fingerprint density at radius 1 is 1.36 bits per heavy atom. The summed E-state index contributed by atoms with van der Waals surface area (Å²) in [4.78, 5) is 15.0. The van der Waals surface area contributed by atoms with Gasteiger partial charge in [-0.15, -0.1) is 11.3 Å². The minimum absolute atomic E-state index is 0.206. The van der Waals surface area contributed by atoms with Crippen molar-refractivity contribution in [1.29, 1.82) is 0 Å². The third-order valence-corrected chi connectivity index (χ3v) is 3.49. The Hall–Kier alpha value is -2.12. The lowest BCUT2D eigenvalue weighted by Crippen LogP contribution is -2.34. The Bertz CT molecular complexity index is 647. The first-order valence-corrected chi connectivity index (χ1v) is 8.97. The van der Waals surface area contributed by atoms with Gasteiger partial charge in [-0.05, 0) is 39.8 Å². The van der Waals surface area contributed by atoms with Crippen LogP contribution in [0.25, 0.3) is 0 Å². The molecular weight excluding hydrogens is 340 g/mol. The van der Waals surface area contributed by atoms with Gasteiger partial charge in [0, 0.05) is 6.54 Å². The van der Waals surface area contributed by atoms with E-state index in [0.717, 1.165) is 12.4 Å². The van der Waals surface area contributed by atoms with Crippen LogP contribution in [0.4, 0.5) is 4.79 Å². The minimum Gasteiger partial charge on any atom is -0.444 e. The number of hydrogen-bond donors (Lipinski definition) is 1. The highest BCUT2D eigenvalue weighted by Crippen LogP contribution is 2.20. The van der Waals surface area contributed by atoms with Gasteiger partial charge in [0.25, 0.3) is 0 Å². The topological polar surface area (TPSA) is 73.0 Å². The summed E-state index contributed by atoms with van der Waals surface area (Å²) in [7, 11) is 0. The summed E-state index contributed by atoms with van der Waals surface area (Å²) in [6.45, 7) is 8.85. The second-order valence-corrected chi connectivity index (χ2v) is 7.30. The zero-order valence-corrected chi connectivity index (χ0v) is 15.8. The van der Waals surface area contributed by atoms with Gasteiger partial charge in [0.2, 0.25) is 5.88 Å². The van der Waals surface area contributed by atoms with E-state index < -0.39 is 5.60 Å². The number of rotatable bonds is 4. The van der Waals surface area contributed by atoms with Crippen LogP contribution in [-0.2, 0) is 9.47 Å². The number of nitrogens with one attached hydrogen (secondary N) is 1. The second-order valence-electron chi connectivity index (χ2n) is 6.58. The molecule has 136 valence electrons. The smallest absolute Gasteiger partial charge is 0.407 e. The number of carbonyl (C=O) groups is 1. The van der Waals surface area contributed by atoms with Crippen LogP contribution in [0.3, 0.4) is 0 Å². The molecule has 1 aliphatic rings. The fraction of sp³-hybridized carbons (Fsp3) is 0.444. The Kier molecular flexibility index (Phi) is 6.78. The van der Waals surface area contributed by atoms with Crippen LogP contribution in [0.1, 0.15) is 26.3 Å². The van der Waals surface area contributed by atoms with E-state index in [0.29, 0.717) is 12.4 Å². The van der Waals surface area contributed by atoms with E-state index in [4.69, 9.17) is 14.2 Å². The molecule has 1 atom stereocenters. The van der Waals surface area contributed by atoms with E-state index >= 15 is 0 Å². The summed E-state index contributed by atoms with van der Waals surface area (Å²) in [6, 6.07) is 7.91. The molecule has 1 aromatic heterocycles. The lowest BCUT2D eigenvalue weighted by Gasteiger charge is -2.19. The maximum atomic E-state index is 11.0. The summed E-state index contributed by atoms with van der Waals surface area (Å²) >= 11 is 1.53. The molecule has 6 nitrogen and oxygen atoms in total. The summed E-state index contributed by atoms with van der Waals surface area (Å²) in [5.41, 5.74) is 2.56. The number of aryl methyl sites for hydroxylation is 1. The molecule has 1 aromatic carbocycles. The van der Waals surface area contributed by atoms with Crippen molar-refractivity contribution in [3.63, 3.8) is 0 Å². The summed E-state index contributed by atoms with van der Waals surface area (Å²) in [5, 5.41) is 4.49. The summed E-state index contributed by atoms with van der Waals surface area (Å²) in [5.74, 6) is 1.49. The average Bonchev–Trinajstić information content (AvgIpc) is 3.22. The number of hydrogen-bond acceptors (Lipinski definition) is 6. The zero-order valence-electron chi connectivity index (χ0n) is 14.9. The molecule has 1 N–H and O–H groups in total. The Balaban J connectivity index is 0.000000181. The Morgan fingerprint density at radius 2 is 2.04 bits per heavy atom. The minimum atomic E-state index is -0.422. The molecule has 1 aliphatic heterocycles. The molecule has 1 amide bonds. The fourth-order valence-corrected chi connectivity index (χ4v) is 2.13. The Labute approximate surface area is 152 Å². The van der Waals surface area contributed by atoms with Gasteiger partial charge >= 0.3 is 6.09 Å². The van der Waals surface area contributed by atoms with Crippen molar-refractivity contribution in [3.05, 3.63) is 40.7 Å². The van der Waals surface area contributed by atoms with E-state index in [2.05, 4.69) is 10.3 Å². The van der Waals surface area contributed by atoms with E-state index in [9.17, 15) is 4.79 Å². The maximum Gasteiger partial charge on any atom is 0.407 e. The maximum absolute atomic E-state index is 11.0. The molecule has 7 heteroatoms. The van der Waals surface area contributed by atoms with Gasteiger partial charge in [-0.25, -0.2) is 9.78 Å². The molecular formula is C18H24N2O4S. The molecule has 0 radical (unpaired) electrons. The highest BCUT2D eigenvalue weighted by molar-refractivity contribution is 7.07. The van der Waals surface area contributed by atoms with Gasteiger partial charge in [0.05, 0.1) is 23.6 Å². The third-order valence-electron chi connectivity index (χ3n) is 2.93. The van der Waals surface area contributed by atoms with Gasteiger partial charge in [-0.1, -0.05) is 17.7 Å². The summed E-state index contributed by atoms with van der Waals surface area (Å²) in [6.07, 6.45) is -0.171. The first-order chi connectivity index (χ1) is 11.8. The van der Waals surface area contributed by atoms with Gasteiger partial charge in [0.1, 0.15) is 11.4 Å². The van der Waals surface area contributed by atoms with Crippen molar-refractivity contribution >= 4 is 17.4 Å². The molecule has 0 bridgehead atoms. The second kappa shape index (κ2) is 8.82. The van der Waals surface area contributed by atoms with E-state index in [1.807, 2.05) is 57.3 Å². The first-order valence-electron chi connectivity index (χ1n) is 8.03. The molecule has 0 aliphatic carbocycles. The lowest BCUT2D eigenvalue weighted by molar-refractivity contribution is 0.0524. The van der Waals surface area contributed by atoms with Crippen LogP contribution in [0.15, 0.2) is 35.2 Å². The molecule has 1 fully saturated rings. The van der Waals surface area contributed by atoms with Crippen LogP contribution in [0, 0.1) is 6.92 Å². The molecule has 25 heavy (non-hydrogen) atoms. The molecule has 1 unspecified atom stereocenters. The number of carbonyl (C=O) groups excluding carboxylic acids is 1. The highest BCUT2D eigenvalue weighted by Gasteiger charge is 2.24. The standard InChI is InChI=1S/C10H9NOS.C8H15NO3/c1-8-2-4-9(5-3-8)12-10-6-13-7-11-10;1-8(2,3)12-7(10)9-4-6-5-11-6/h2-7H,1H3;6H,4-5H2,1-3H3,(H,9,10). The van der Waals surface area contributed by atoms with Crippen LogP contribution in [0.5, 0.6) is 11.6 Å². The van der Waals surface area contributed by atoms with E-state index in [1.165, 1.54) is 16.9 Å². The molecule has 2 aromatic rings. The molecule has 3 rings (SSSR count). The normalized spacial score (nSPS) is 15.6. The van der Waals surface area contributed by atoms with Crippen molar-refractivity contribution in [3.8, 4) is 11.6 Å². The number of thiazole rings is 1. The van der Waals surface area contributed by atoms with Crippen molar-refractivity contribution < 1.29 is 19.0 Å². The number of alkyl carbamates (subject to hydrolysis) is 1. The van der Waals surface area contributed by atoms with Gasteiger partial charge in [-0.2, -0.15) is 0 Å².